The number of imidazole rings is 1. The molecule has 1 saturated heterocycles. The van der Waals surface area contributed by atoms with E-state index < -0.39 is 23.8 Å². The van der Waals surface area contributed by atoms with Crippen molar-refractivity contribution in [1.29, 1.82) is 0 Å². The van der Waals surface area contributed by atoms with Crippen molar-refractivity contribution in [3.05, 3.63) is 12.5 Å². The molecule has 0 saturated carbocycles. The lowest BCUT2D eigenvalue weighted by Gasteiger charge is -2.29. The minimum Gasteiger partial charge on any atom is -0.396 e. The molecular formula is C14H18N6O3. The van der Waals surface area contributed by atoms with Gasteiger partial charge in [0.25, 0.3) is 0 Å². The van der Waals surface area contributed by atoms with Gasteiger partial charge >= 0.3 is 0 Å². The number of aromatic nitrogens is 4. The Hall–Kier alpha value is -2.25. The lowest BCUT2D eigenvalue weighted by atomic mass is 9.83. The Balaban J connectivity index is 2.15. The molecule has 122 valence electrons. The smallest absolute Gasteiger partial charge is 0.222 e. The lowest BCUT2D eigenvalue weighted by molar-refractivity contribution is -0.0374. The molecule has 9 nitrogen and oxygen atoms in total. The first-order chi connectivity index (χ1) is 11.0. The second-order valence-electron chi connectivity index (χ2n) is 5.40. The van der Waals surface area contributed by atoms with Crippen LogP contribution < -0.4 is 11.5 Å². The molecule has 1 aliphatic heterocycles. The van der Waals surface area contributed by atoms with E-state index >= 15 is 0 Å². The quantitative estimate of drug-likeness (QED) is 0.507. The predicted octanol–water partition coefficient (Wildman–Crippen LogP) is -1.37. The van der Waals surface area contributed by atoms with Crippen molar-refractivity contribution in [1.82, 2.24) is 19.5 Å². The minimum absolute atomic E-state index is 0.0962. The molecule has 1 aliphatic rings. The van der Waals surface area contributed by atoms with E-state index in [1.807, 2.05) is 0 Å². The third-order valence-corrected chi connectivity index (χ3v) is 4.08. The number of hydrogen-bond donors (Lipinski definition) is 4. The normalized spacial score (nSPS) is 30.3. The Kier molecular flexibility index (Phi) is 3.91. The van der Waals surface area contributed by atoms with Gasteiger partial charge in [-0.2, -0.15) is 4.98 Å². The van der Waals surface area contributed by atoms with Crippen molar-refractivity contribution in [3.8, 4) is 11.8 Å². The van der Waals surface area contributed by atoms with Gasteiger partial charge in [-0.15, -0.1) is 5.92 Å². The van der Waals surface area contributed by atoms with Gasteiger partial charge in [0.2, 0.25) is 5.95 Å². The van der Waals surface area contributed by atoms with Crippen LogP contribution in [0.3, 0.4) is 0 Å². The average Bonchev–Trinajstić information content (AvgIpc) is 3.05. The molecule has 1 fully saturated rings. The van der Waals surface area contributed by atoms with Crippen molar-refractivity contribution in [2.24, 2.45) is 11.7 Å². The van der Waals surface area contributed by atoms with Crippen LogP contribution in [0, 0.1) is 17.8 Å². The zero-order valence-electron chi connectivity index (χ0n) is 12.5. The first kappa shape index (κ1) is 15.6. The van der Waals surface area contributed by atoms with E-state index in [2.05, 4.69) is 26.8 Å². The number of nitrogens with zero attached hydrogens (tertiary/aromatic N) is 4. The Bertz CT molecular complexity index is 782. The summed E-state index contributed by atoms with van der Waals surface area (Å²) in [7, 11) is 0. The molecule has 9 heteroatoms. The highest BCUT2D eigenvalue weighted by atomic mass is 16.5. The lowest BCUT2D eigenvalue weighted by Crippen LogP contribution is -2.51. The summed E-state index contributed by atoms with van der Waals surface area (Å²) in [4.78, 5) is 12.3. The molecule has 4 atom stereocenters. The van der Waals surface area contributed by atoms with E-state index in [0.717, 1.165) is 0 Å². The van der Waals surface area contributed by atoms with E-state index in [9.17, 15) is 10.2 Å². The first-order valence-corrected chi connectivity index (χ1v) is 7.10. The molecule has 2 aromatic heterocycles. The van der Waals surface area contributed by atoms with Crippen molar-refractivity contribution >= 4 is 17.1 Å². The molecule has 0 bridgehead atoms. The average molecular weight is 318 g/mol. The standard InChI is InChI=1S/C14H18N6O3/c1-2-3-14(16)8(5-21)10(6-22)23-12(14)20-7-18-9-4-17-13(15)19-11(9)20/h4,7-8,10,12,21-22H,5-6,16H2,1H3,(H2,15,17,19)/t8?,10-,12-,14?/m1/s1. The zero-order chi connectivity index (χ0) is 16.6. The molecule has 2 unspecified atom stereocenters. The van der Waals surface area contributed by atoms with Gasteiger partial charge in [0, 0.05) is 5.92 Å². The number of nitrogen functional groups attached to an aromatic ring is 1. The topological polar surface area (TPSA) is 145 Å². The molecule has 0 aliphatic carbocycles. The maximum Gasteiger partial charge on any atom is 0.222 e. The third-order valence-electron chi connectivity index (χ3n) is 4.08. The SMILES string of the molecule is CC#CC1(N)C(CO)[C@@H](CO)O[C@H]1n1cnc2cnc(N)nc21. The van der Waals surface area contributed by atoms with E-state index in [1.165, 1.54) is 12.5 Å². The Morgan fingerprint density at radius 1 is 1.39 bits per heavy atom. The van der Waals surface area contributed by atoms with Crippen LogP contribution in [0.5, 0.6) is 0 Å². The molecule has 0 amide bonds. The second-order valence-corrected chi connectivity index (χ2v) is 5.40. The van der Waals surface area contributed by atoms with Crippen LogP contribution in [0.2, 0.25) is 0 Å². The Morgan fingerprint density at radius 2 is 2.17 bits per heavy atom. The summed E-state index contributed by atoms with van der Waals surface area (Å²) in [6, 6.07) is 0. The van der Waals surface area contributed by atoms with E-state index in [1.54, 1.807) is 11.5 Å². The van der Waals surface area contributed by atoms with Crippen LogP contribution in [0.25, 0.3) is 11.2 Å². The van der Waals surface area contributed by atoms with Crippen molar-refractivity contribution in [2.45, 2.75) is 24.8 Å². The van der Waals surface area contributed by atoms with Gasteiger partial charge in [-0.3, -0.25) is 4.57 Å². The van der Waals surface area contributed by atoms with Crippen molar-refractivity contribution < 1.29 is 14.9 Å². The minimum atomic E-state index is -1.20. The fourth-order valence-corrected chi connectivity index (χ4v) is 2.98. The van der Waals surface area contributed by atoms with Crippen LogP contribution in [0.15, 0.2) is 12.5 Å². The molecule has 2 aromatic rings. The second kappa shape index (κ2) is 5.75. The van der Waals surface area contributed by atoms with E-state index in [4.69, 9.17) is 16.2 Å². The predicted molar refractivity (Wildman–Crippen MR) is 81.7 cm³/mol. The Labute approximate surface area is 132 Å². The summed E-state index contributed by atoms with van der Waals surface area (Å²) in [5.74, 6) is 5.23. The van der Waals surface area contributed by atoms with Gasteiger partial charge in [-0.25, -0.2) is 9.97 Å². The number of anilines is 1. The molecule has 23 heavy (non-hydrogen) atoms. The molecule has 0 spiro atoms. The zero-order valence-corrected chi connectivity index (χ0v) is 12.5. The maximum absolute atomic E-state index is 9.69. The van der Waals surface area contributed by atoms with Gasteiger partial charge in [-0.05, 0) is 6.92 Å². The van der Waals surface area contributed by atoms with Gasteiger partial charge in [0.1, 0.15) is 11.1 Å². The number of aliphatic hydroxyl groups excluding tert-OH is 2. The highest BCUT2D eigenvalue weighted by molar-refractivity contribution is 5.70. The number of hydrogen-bond acceptors (Lipinski definition) is 8. The summed E-state index contributed by atoms with van der Waals surface area (Å²) in [6.07, 6.45) is 1.59. The summed E-state index contributed by atoms with van der Waals surface area (Å²) >= 11 is 0. The van der Waals surface area contributed by atoms with Crippen molar-refractivity contribution in [2.75, 3.05) is 18.9 Å². The maximum atomic E-state index is 9.69. The van der Waals surface area contributed by atoms with Crippen LogP contribution in [0.4, 0.5) is 5.95 Å². The number of nitrogens with two attached hydrogens (primary N) is 2. The van der Waals surface area contributed by atoms with Gasteiger partial charge in [0.05, 0.1) is 31.8 Å². The third kappa shape index (κ3) is 2.32. The summed E-state index contributed by atoms with van der Waals surface area (Å²) in [5, 5.41) is 19.2. The molecule has 0 aromatic carbocycles. The summed E-state index contributed by atoms with van der Waals surface area (Å²) < 4.78 is 7.47. The fourth-order valence-electron chi connectivity index (χ4n) is 2.98. The van der Waals surface area contributed by atoms with Crippen molar-refractivity contribution in [3.63, 3.8) is 0 Å². The van der Waals surface area contributed by atoms with Gasteiger partial charge < -0.3 is 26.4 Å². The summed E-state index contributed by atoms with van der Waals surface area (Å²) in [5.41, 5.74) is 11.9. The van der Waals surface area contributed by atoms with E-state index in [0.29, 0.717) is 11.2 Å². The van der Waals surface area contributed by atoms with Gasteiger partial charge in [-0.1, -0.05) is 5.92 Å². The molecule has 3 rings (SSSR count). The fraction of sp³-hybridized carbons (Fsp3) is 0.500. The monoisotopic (exact) mass is 318 g/mol. The van der Waals surface area contributed by atoms with Gasteiger partial charge in [0.15, 0.2) is 11.9 Å². The van der Waals surface area contributed by atoms with Crippen LogP contribution in [-0.4, -0.2) is 54.6 Å². The van der Waals surface area contributed by atoms with Crippen LogP contribution in [0.1, 0.15) is 13.2 Å². The highest BCUT2D eigenvalue weighted by Gasteiger charge is 2.54. The number of fused-ring (bicyclic) bond motifs is 1. The number of rotatable bonds is 3. The van der Waals surface area contributed by atoms with E-state index in [-0.39, 0.29) is 19.2 Å². The van der Waals surface area contributed by atoms with Crippen LogP contribution >= 0.6 is 0 Å². The number of ether oxygens (including phenoxy) is 1. The largest absolute Gasteiger partial charge is 0.396 e. The first-order valence-electron chi connectivity index (χ1n) is 7.10. The molecule has 0 radical (unpaired) electrons. The number of aliphatic hydroxyl groups is 2. The Morgan fingerprint density at radius 3 is 2.83 bits per heavy atom. The highest BCUT2D eigenvalue weighted by Crippen LogP contribution is 2.41. The molecule has 6 N–H and O–H groups in total. The van der Waals surface area contributed by atoms with Crippen LogP contribution in [-0.2, 0) is 4.74 Å². The summed E-state index contributed by atoms with van der Waals surface area (Å²) in [6.45, 7) is 1.10. The molecular weight excluding hydrogens is 300 g/mol. The molecule has 3 heterocycles.